The molecule has 138 valence electrons. The fourth-order valence-electron chi connectivity index (χ4n) is 3.21. The van der Waals surface area contributed by atoms with E-state index in [4.69, 9.17) is 4.74 Å². The predicted molar refractivity (Wildman–Crippen MR) is 109 cm³/mol. The first kappa shape index (κ1) is 19.0. The van der Waals surface area contributed by atoms with Crippen LogP contribution in [0.25, 0.3) is 0 Å². The first-order chi connectivity index (χ1) is 12.7. The van der Waals surface area contributed by atoms with Crippen molar-refractivity contribution in [2.75, 3.05) is 37.0 Å². The van der Waals surface area contributed by atoms with Crippen molar-refractivity contribution < 1.29 is 9.53 Å². The number of hydrogen-bond donors (Lipinski definition) is 1. The molecule has 4 nitrogen and oxygen atoms in total. The van der Waals surface area contributed by atoms with Crippen molar-refractivity contribution in [2.24, 2.45) is 0 Å². The van der Waals surface area contributed by atoms with Gasteiger partial charge in [0.25, 0.3) is 5.91 Å². The largest absolute Gasteiger partial charge is 0.367 e. The van der Waals surface area contributed by atoms with Crippen molar-refractivity contribution in [2.45, 2.75) is 19.6 Å². The lowest BCUT2D eigenvalue weighted by Crippen LogP contribution is -2.32. The second-order valence-corrected chi connectivity index (χ2v) is 7.72. The Kier molecular flexibility index (Phi) is 6.72. The van der Waals surface area contributed by atoms with E-state index in [1.165, 1.54) is 17.1 Å². The van der Waals surface area contributed by atoms with Gasteiger partial charge in [-0.2, -0.15) is 11.8 Å². The van der Waals surface area contributed by atoms with E-state index in [2.05, 4.69) is 23.2 Å². The summed E-state index contributed by atoms with van der Waals surface area (Å²) in [5.41, 5.74) is 4.11. The Morgan fingerprint density at radius 3 is 2.58 bits per heavy atom. The van der Waals surface area contributed by atoms with E-state index in [0.29, 0.717) is 0 Å². The Morgan fingerprint density at radius 2 is 1.88 bits per heavy atom. The van der Waals surface area contributed by atoms with Gasteiger partial charge in [0.15, 0.2) is 6.10 Å². The SMILES string of the molecule is CO[C@H](C(=O)Nc1cccc(CN2CCSCC2)c1C)c1ccccc1. The summed E-state index contributed by atoms with van der Waals surface area (Å²) in [4.78, 5) is 15.2. The highest BCUT2D eigenvalue weighted by atomic mass is 32.2. The number of ether oxygens (including phenoxy) is 1. The van der Waals surface area contributed by atoms with Crippen molar-refractivity contribution in [3.05, 3.63) is 65.2 Å². The van der Waals surface area contributed by atoms with Crippen LogP contribution in [0.3, 0.4) is 0 Å². The lowest BCUT2D eigenvalue weighted by Gasteiger charge is -2.27. The summed E-state index contributed by atoms with van der Waals surface area (Å²) in [5.74, 6) is 2.25. The molecule has 26 heavy (non-hydrogen) atoms. The fourth-order valence-corrected chi connectivity index (χ4v) is 4.19. The van der Waals surface area contributed by atoms with Crippen molar-refractivity contribution in [1.82, 2.24) is 4.90 Å². The van der Waals surface area contributed by atoms with Gasteiger partial charge in [-0.1, -0.05) is 42.5 Å². The molecule has 0 radical (unpaired) electrons. The van der Waals surface area contributed by atoms with Gasteiger partial charge in [-0.25, -0.2) is 0 Å². The molecule has 1 aliphatic rings. The van der Waals surface area contributed by atoms with E-state index in [9.17, 15) is 4.79 Å². The summed E-state index contributed by atoms with van der Waals surface area (Å²) in [6.45, 7) is 5.26. The molecular formula is C21H26N2O2S. The van der Waals surface area contributed by atoms with Crippen LogP contribution in [0.1, 0.15) is 22.8 Å². The third kappa shape index (κ3) is 4.67. The minimum absolute atomic E-state index is 0.145. The molecule has 1 N–H and O–H groups in total. The van der Waals surface area contributed by atoms with E-state index in [1.807, 2.05) is 54.2 Å². The molecule has 1 saturated heterocycles. The maximum atomic E-state index is 12.7. The topological polar surface area (TPSA) is 41.6 Å². The van der Waals surface area contributed by atoms with Crippen LogP contribution < -0.4 is 5.32 Å². The maximum absolute atomic E-state index is 12.7. The highest BCUT2D eigenvalue weighted by molar-refractivity contribution is 7.99. The lowest BCUT2D eigenvalue weighted by molar-refractivity contribution is -0.126. The van der Waals surface area contributed by atoms with Gasteiger partial charge in [0.1, 0.15) is 0 Å². The number of benzene rings is 2. The van der Waals surface area contributed by atoms with E-state index < -0.39 is 6.10 Å². The van der Waals surface area contributed by atoms with Gasteiger partial charge in [0, 0.05) is 43.9 Å². The van der Waals surface area contributed by atoms with E-state index in [-0.39, 0.29) is 5.91 Å². The number of methoxy groups -OCH3 is 1. The van der Waals surface area contributed by atoms with Gasteiger partial charge in [-0.15, -0.1) is 0 Å². The van der Waals surface area contributed by atoms with Crippen LogP contribution in [0.2, 0.25) is 0 Å². The number of rotatable bonds is 6. The molecule has 0 bridgehead atoms. The number of thioether (sulfide) groups is 1. The quantitative estimate of drug-likeness (QED) is 0.838. The molecule has 0 unspecified atom stereocenters. The summed E-state index contributed by atoms with van der Waals surface area (Å²) in [5, 5.41) is 3.05. The molecule has 1 amide bonds. The first-order valence-corrected chi connectivity index (χ1v) is 10.1. The van der Waals surface area contributed by atoms with Crippen LogP contribution in [-0.4, -0.2) is 42.5 Å². The van der Waals surface area contributed by atoms with Crippen molar-refractivity contribution >= 4 is 23.4 Å². The summed E-state index contributed by atoms with van der Waals surface area (Å²) in [6.07, 6.45) is -0.613. The first-order valence-electron chi connectivity index (χ1n) is 8.96. The van der Waals surface area contributed by atoms with Gasteiger partial charge in [-0.05, 0) is 29.7 Å². The minimum Gasteiger partial charge on any atom is -0.367 e. The molecule has 1 heterocycles. The molecule has 0 aliphatic carbocycles. The molecule has 0 spiro atoms. The summed E-state index contributed by atoms with van der Waals surface area (Å²) < 4.78 is 5.44. The Bertz CT molecular complexity index is 730. The molecule has 1 atom stereocenters. The average Bonchev–Trinajstić information content (AvgIpc) is 2.67. The van der Waals surface area contributed by atoms with Crippen LogP contribution in [0.15, 0.2) is 48.5 Å². The zero-order valence-corrected chi connectivity index (χ0v) is 16.2. The van der Waals surface area contributed by atoms with Crippen molar-refractivity contribution in [3.63, 3.8) is 0 Å². The molecule has 1 aliphatic heterocycles. The average molecular weight is 371 g/mol. The standard InChI is InChI=1S/C21H26N2O2S/c1-16-18(15-23-11-13-26-14-12-23)9-6-10-19(16)22-21(24)20(25-2)17-7-4-3-5-8-17/h3-10,20H,11-15H2,1-2H3,(H,22,24)/t20-/m0/s1. The normalized spacial score (nSPS) is 16.2. The molecular weight excluding hydrogens is 344 g/mol. The Hall–Kier alpha value is -1.82. The number of nitrogens with one attached hydrogen (secondary N) is 1. The third-order valence-electron chi connectivity index (χ3n) is 4.78. The highest BCUT2D eigenvalue weighted by Crippen LogP contribution is 2.24. The summed E-state index contributed by atoms with van der Waals surface area (Å²) >= 11 is 2.02. The van der Waals surface area contributed by atoms with Crippen LogP contribution in [0, 0.1) is 6.92 Å². The fraction of sp³-hybridized carbons (Fsp3) is 0.381. The molecule has 2 aromatic rings. The number of nitrogens with zero attached hydrogens (tertiary/aromatic N) is 1. The Balaban J connectivity index is 1.72. The van der Waals surface area contributed by atoms with Gasteiger partial charge in [0.05, 0.1) is 0 Å². The number of amides is 1. The molecule has 0 aromatic heterocycles. The summed E-state index contributed by atoms with van der Waals surface area (Å²) in [7, 11) is 1.56. The smallest absolute Gasteiger partial charge is 0.258 e. The monoisotopic (exact) mass is 370 g/mol. The van der Waals surface area contributed by atoms with E-state index in [0.717, 1.165) is 36.4 Å². The minimum atomic E-state index is -0.613. The molecule has 5 heteroatoms. The number of hydrogen-bond acceptors (Lipinski definition) is 4. The van der Waals surface area contributed by atoms with Crippen molar-refractivity contribution in [3.8, 4) is 0 Å². The van der Waals surface area contributed by atoms with E-state index in [1.54, 1.807) is 7.11 Å². The van der Waals surface area contributed by atoms with Crippen molar-refractivity contribution in [1.29, 1.82) is 0 Å². The van der Waals surface area contributed by atoms with E-state index >= 15 is 0 Å². The van der Waals surface area contributed by atoms with Gasteiger partial charge >= 0.3 is 0 Å². The molecule has 0 saturated carbocycles. The second kappa shape index (κ2) is 9.21. The van der Waals surface area contributed by atoms with Crippen LogP contribution in [-0.2, 0) is 16.1 Å². The Morgan fingerprint density at radius 1 is 1.15 bits per heavy atom. The molecule has 3 rings (SSSR count). The van der Waals surface area contributed by atoms with Gasteiger partial charge in [0.2, 0.25) is 0 Å². The Labute approximate surface area is 159 Å². The number of carbonyl (C=O) groups is 1. The third-order valence-corrected chi connectivity index (χ3v) is 5.72. The van der Waals surface area contributed by atoms with Crippen LogP contribution in [0.5, 0.6) is 0 Å². The lowest BCUT2D eigenvalue weighted by atomic mass is 10.0. The highest BCUT2D eigenvalue weighted by Gasteiger charge is 2.21. The summed E-state index contributed by atoms with van der Waals surface area (Å²) in [6, 6.07) is 15.7. The zero-order chi connectivity index (χ0) is 18.4. The van der Waals surface area contributed by atoms with Gasteiger partial charge < -0.3 is 10.1 Å². The maximum Gasteiger partial charge on any atom is 0.258 e. The van der Waals surface area contributed by atoms with Gasteiger partial charge in [-0.3, -0.25) is 9.69 Å². The zero-order valence-electron chi connectivity index (χ0n) is 15.4. The predicted octanol–water partition coefficient (Wildman–Crippen LogP) is 3.87. The molecule has 1 fully saturated rings. The number of carbonyl (C=O) groups excluding carboxylic acids is 1. The second-order valence-electron chi connectivity index (χ2n) is 6.49. The molecule has 2 aromatic carbocycles. The van der Waals surface area contributed by atoms with Crippen LogP contribution in [0.4, 0.5) is 5.69 Å². The number of anilines is 1. The van der Waals surface area contributed by atoms with Crippen LogP contribution >= 0.6 is 11.8 Å².